The van der Waals surface area contributed by atoms with Gasteiger partial charge in [0.1, 0.15) is 11.8 Å². The van der Waals surface area contributed by atoms with Crippen LogP contribution in [0, 0.1) is 5.92 Å². The zero-order valence-electron chi connectivity index (χ0n) is 12.2. The van der Waals surface area contributed by atoms with Gasteiger partial charge in [-0.3, -0.25) is 0 Å². The molecule has 5 nitrogen and oxygen atoms in total. The molecule has 2 unspecified atom stereocenters. The van der Waals surface area contributed by atoms with Gasteiger partial charge in [0, 0.05) is 0 Å². The van der Waals surface area contributed by atoms with Crippen molar-refractivity contribution < 1.29 is 14.6 Å². The highest BCUT2D eigenvalue weighted by Gasteiger charge is 2.24. The molecule has 0 aliphatic carbocycles. The van der Waals surface area contributed by atoms with Gasteiger partial charge in [0.05, 0.1) is 20.4 Å². The number of aliphatic hydroxyl groups excluding tert-OH is 1. The maximum Gasteiger partial charge on any atom is 0.241 e. The molecule has 0 aliphatic heterocycles. The molecular weight excluding hydrogens is 244 g/mol. The van der Waals surface area contributed by atoms with Crippen LogP contribution in [0.3, 0.4) is 0 Å². The number of nitrogens with zero attached hydrogens (tertiary/aromatic N) is 2. The molecule has 1 rings (SSSR count). The third kappa shape index (κ3) is 4.06. The summed E-state index contributed by atoms with van der Waals surface area (Å²) in [6, 6.07) is 0. The summed E-state index contributed by atoms with van der Waals surface area (Å²) in [4.78, 5) is 8.40. The molecule has 0 amide bonds. The smallest absolute Gasteiger partial charge is 0.241 e. The fraction of sp³-hybridized carbons (Fsp3) is 0.714. The summed E-state index contributed by atoms with van der Waals surface area (Å²) in [6.45, 7) is 4.22. The average molecular weight is 268 g/mol. The Morgan fingerprint density at radius 3 is 2.53 bits per heavy atom. The van der Waals surface area contributed by atoms with E-state index in [1.165, 1.54) is 20.4 Å². The van der Waals surface area contributed by atoms with E-state index >= 15 is 0 Å². The second-order valence-corrected chi connectivity index (χ2v) is 4.56. The van der Waals surface area contributed by atoms with Crippen molar-refractivity contribution in [3.05, 3.63) is 11.9 Å². The number of ether oxygens (including phenoxy) is 2. The molecule has 0 aromatic carbocycles. The predicted molar refractivity (Wildman–Crippen MR) is 73.4 cm³/mol. The van der Waals surface area contributed by atoms with Gasteiger partial charge >= 0.3 is 0 Å². The van der Waals surface area contributed by atoms with Crippen LogP contribution < -0.4 is 9.47 Å². The van der Waals surface area contributed by atoms with E-state index in [4.69, 9.17) is 9.47 Å². The zero-order valence-corrected chi connectivity index (χ0v) is 12.2. The Labute approximate surface area is 115 Å². The third-order valence-corrected chi connectivity index (χ3v) is 3.33. The lowest BCUT2D eigenvalue weighted by atomic mass is 9.91. The van der Waals surface area contributed by atoms with Gasteiger partial charge in [0.25, 0.3) is 0 Å². The van der Waals surface area contributed by atoms with Crippen molar-refractivity contribution in [1.82, 2.24) is 9.97 Å². The summed E-state index contributed by atoms with van der Waals surface area (Å²) in [5.74, 6) is 0.896. The van der Waals surface area contributed by atoms with Crippen molar-refractivity contribution in [2.45, 2.75) is 45.6 Å². The Morgan fingerprint density at radius 2 is 2.00 bits per heavy atom. The molecule has 19 heavy (non-hydrogen) atoms. The lowest BCUT2D eigenvalue weighted by molar-refractivity contribution is 0.0910. The fourth-order valence-electron chi connectivity index (χ4n) is 2.09. The molecule has 0 bridgehead atoms. The first-order valence-corrected chi connectivity index (χ1v) is 6.80. The van der Waals surface area contributed by atoms with Crippen LogP contribution >= 0.6 is 0 Å². The van der Waals surface area contributed by atoms with Crippen LogP contribution in [0.25, 0.3) is 0 Å². The molecule has 1 aromatic rings. The number of methoxy groups -OCH3 is 2. The number of aromatic nitrogens is 2. The summed E-state index contributed by atoms with van der Waals surface area (Å²) in [7, 11) is 3.04. The van der Waals surface area contributed by atoms with E-state index in [2.05, 4.69) is 23.8 Å². The number of rotatable bonds is 8. The minimum absolute atomic E-state index is 0.177. The minimum Gasteiger partial charge on any atom is -0.480 e. The van der Waals surface area contributed by atoms with Gasteiger partial charge < -0.3 is 14.6 Å². The van der Waals surface area contributed by atoms with E-state index in [0.29, 0.717) is 17.5 Å². The van der Waals surface area contributed by atoms with Crippen molar-refractivity contribution in [2.24, 2.45) is 5.92 Å². The first-order chi connectivity index (χ1) is 9.17. The summed E-state index contributed by atoms with van der Waals surface area (Å²) in [5, 5.41) is 10.5. The first kappa shape index (κ1) is 15.7. The van der Waals surface area contributed by atoms with Crippen molar-refractivity contribution in [1.29, 1.82) is 0 Å². The maximum atomic E-state index is 10.5. The van der Waals surface area contributed by atoms with E-state index < -0.39 is 6.10 Å². The molecule has 0 fully saturated rings. The third-order valence-electron chi connectivity index (χ3n) is 3.33. The number of aliphatic hydroxyl groups is 1. The Balaban J connectivity index is 2.93. The van der Waals surface area contributed by atoms with Gasteiger partial charge in [0.2, 0.25) is 11.8 Å². The van der Waals surface area contributed by atoms with Crippen LogP contribution in [0.4, 0.5) is 0 Å². The topological polar surface area (TPSA) is 64.5 Å². The highest BCUT2D eigenvalue weighted by Crippen LogP contribution is 2.32. The molecular formula is C14H24N2O3. The van der Waals surface area contributed by atoms with Crippen LogP contribution in [0.2, 0.25) is 0 Å². The highest BCUT2D eigenvalue weighted by atomic mass is 16.5. The molecule has 1 N–H and O–H groups in total. The molecule has 5 heteroatoms. The molecule has 1 heterocycles. The molecule has 0 aliphatic rings. The Hall–Kier alpha value is -1.36. The van der Waals surface area contributed by atoms with Crippen LogP contribution in [0.5, 0.6) is 11.8 Å². The number of hydrogen-bond acceptors (Lipinski definition) is 5. The second kappa shape index (κ2) is 7.94. The first-order valence-electron chi connectivity index (χ1n) is 6.80. The lowest BCUT2D eigenvalue weighted by Crippen LogP contribution is -2.15. The summed E-state index contributed by atoms with van der Waals surface area (Å²) >= 11 is 0. The van der Waals surface area contributed by atoms with Gasteiger partial charge in [-0.2, -0.15) is 4.98 Å². The Morgan fingerprint density at radius 1 is 1.26 bits per heavy atom. The summed E-state index contributed by atoms with van der Waals surface area (Å²) in [6.07, 6.45) is 4.96. The lowest BCUT2D eigenvalue weighted by Gasteiger charge is -2.22. The molecule has 108 valence electrons. The van der Waals surface area contributed by atoms with Crippen LogP contribution in [-0.4, -0.2) is 29.3 Å². The van der Waals surface area contributed by atoms with Crippen LogP contribution in [0.1, 0.15) is 51.3 Å². The molecule has 0 saturated heterocycles. The maximum absolute atomic E-state index is 10.5. The average Bonchev–Trinajstić information content (AvgIpc) is 2.46. The van der Waals surface area contributed by atoms with Gasteiger partial charge in [0.15, 0.2) is 0 Å². The molecule has 0 saturated carbocycles. The van der Waals surface area contributed by atoms with Crippen molar-refractivity contribution >= 4 is 0 Å². The van der Waals surface area contributed by atoms with Crippen molar-refractivity contribution in [3.63, 3.8) is 0 Å². The zero-order chi connectivity index (χ0) is 14.3. The van der Waals surface area contributed by atoms with E-state index in [9.17, 15) is 5.11 Å². The van der Waals surface area contributed by atoms with E-state index in [1.54, 1.807) is 0 Å². The molecule has 0 radical (unpaired) electrons. The molecule has 0 spiro atoms. The van der Waals surface area contributed by atoms with Gasteiger partial charge in [-0.25, -0.2) is 4.98 Å². The van der Waals surface area contributed by atoms with Crippen molar-refractivity contribution in [2.75, 3.05) is 14.2 Å². The standard InChI is InChI=1S/C14H24N2O3/c1-5-7-8-10(6-2)13(17)12-14(19-4)16-11(18-3)9-15-12/h9-10,13,17H,5-8H2,1-4H3. The number of unbranched alkanes of at least 4 members (excludes halogenated alkanes) is 1. The van der Waals surface area contributed by atoms with Crippen LogP contribution in [-0.2, 0) is 0 Å². The number of hydrogen-bond donors (Lipinski definition) is 1. The van der Waals surface area contributed by atoms with Crippen molar-refractivity contribution in [3.8, 4) is 11.8 Å². The summed E-state index contributed by atoms with van der Waals surface area (Å²) < 4.78 is 10.2. The van der Waals surface area contributed by atoms with E-state index in [-0.39, 0.29) is 5.92 Å². The monoisotopic (exact) mass is 268 g/mol. The quantitative estimate of drug-likeness (QED) is 0.785. The fourth-order valence-corrected chi connectivity index (χ4v) is 2.09. The normalized spacial score (nSPS) is 13.9. The van der Waals surface area contributed by atoms with E-state index in [1.807, 2.05) is 0 Å². The van der Waals surface area contributed by atoms with Gasteiger partial charge in [-0.15, -0.1) is 0 Å². The van der Waals surface area contributed by atoms with Gasteiger partial charge in [-0.05, 0) is 12.3 Å². The Bertz CT molecular complexity index is 385. The second-order valence-electron chi connectivity index (χ2n) is 4.56. The highest BCUT2D eigenvalue weighted by molar-refractivity contribution is 5.25. The molecule has 2 atom stereocenters. The summed E-state index contributed by atoms with van der Waals surface area (Å²) in [5.41, 5.74) is 0.492. The largest absolute Gasteiger partial charge is 0.480 e. The van der Waals surface area contributed by atoms with Gasteiger partial charge in [-0.1, -0.05) is 33.1 Å². The Kier molecular flexibility index (Phi) is 6.56. The minimum atomic E-state index is -0.648. The SMILES string of the molecule is CCCCC(CC)C(O)c1ncc(OC)nc1OC. The predicted octanol–water partition coefficient (Wildman–Crippen LogP) is 2.74. The molecule has 1 aromatic heterocycles. The van der Waals surface area contributed by atoms with Crippen LogP contribution in [0.15, 0.2) is 6.20 Å². The van der Waals surface area contributed by atoms with E-state index in [0.717, 1.165) is 25.7 Å².